The number of rotatable bonds is 3. The standard InChI is InChI=1S/C18H18Cl2N4O2/c1-12(25)23-4-6-24(7-5-23)15-8-13(10-21-11-15)18(26)22-17-3-2-14(19)9-16(17)20/h2-3,8-11H,4-7H2,1H3,(H,22,26). The molecule has 0 atom stereocenters. The summed E-state index contributed by atoms with van der Waals surface area (Å²) in [5.41, 5.74) is 1.77. The number of hydrogen-bond donors (Lipinski definition) is 1. The highest BCUT2D eigenvalue weighted by Crippen LogP contribution is 2.26. The quantitative estimate of drug-likeness (QED) is 0.869. The van der Waals surface area contributed by atoms with Crippen molar-refractivity contribution in [1.82, 2.24) is 9.88 Å². The summed E-state index contributed by atoms with van der Waals surface area (Å²) < 4.78 is 0. The number of halogens is 2. The summed E-state index contributed by atoms with van der Waals surface area (Å²) in [5.74, 6) is -0.221. The van der Waals surface area contributed by atoms with Gasteiger partial charge in [-0.3, -0.25) is 14.6 Å². The van der Waals surface area contributed by atoms with E-state index in [-0.39, 0.29) is 11.8 Å². The van der Waals surface area contributed by atoms with Crippen molar-refractivity contribution in [2.24, 2.45) is 0 Å². The maximum absolute atomic E-state index is 12.5. The van der Waals surface area contributed by atoms with Crippen LogP contribution in [-0.4, -0.2) is 47.9 Å². The highest BCUT2D eigenvalue weighted by molar-refractivity contribution is 6.36. The molecule has 1 aliphatic rings. The Labute approximate surface area is 161 Å². The number of hydrogen-bond acceptors (Lipinski definition) is 4. The third-order valence-corrected chi connectivity index (χ3v) is 4.80. The summed E-state index contributed by atoms with van der Waals surface area (Å²) in [6.45, 7) is 4.30. The lowest BCUT2D eigenvalue weighted by Crippen LogP contribution is -2.48. The van der Waals surface area contributed by atoms with Gasteiger partial charge in [0, 0.05) is 44.3 Å². The third kappa shape index (κ3) is 4.26. The van der Waals surface area contributed by atoms with E-state index < -0.39 is 0 Å². The molecule has 8 heteroatoms. The summed E-state index contributed by atoms with van der Waals surface area (Å²) in [6.07, 6.45) is 3.23. The summed E-state index contributed by atoms with van der Waals surface area (Å²) in [4.78, 5) is 32.0. The van der Waals surface area contributed by atoms with Gasteiger partial charge in [-0.15, -0.1) is 0 Å². The lowest BCUT2D eigenvalue weighted by molar-refractivity contribution is -0.129. The number of anilines is 2. The predicted octanol–water partition coefficient (Wildman–Crippen LogP) is 3.31. The Kier molecular flexibility index (Phi) is 5.64. The molecule has 0 radical (unpaired) electrons. The van der Waals surface area contributed by atoms with Gasteiger partial charge in [-0.05, 0) is 24.3 Å². The summed E-state index contributed by atoms with van der Waals surface area (Å²) >= 11 is 12.0. The van der Waals surface area contributed by atoms with Gasteiger partial charge in [0.2, 0.25) is 5.91 Å². The predicted molar refractivity (Wildman–Crippen MR) is 103 cm³/mol. The first kappa shape index (κ1) is 18.5. The van der Waals surface area contributed by atoms with Crippen LogP contribution in [0, 0.1) is 0 Å². The lowest BCUT2D eigenvalue weighted by atomic mass is 10.2. The molecule has 1 N–H and O–H groups in total. The van der Waals surface area contributed by atoms with Gasteiger partial charge in [0.25, 0.3) is 5.91 Å². The van der Waals surface area contributed by atoms with E-state index in [1.165, 1.54) is 6.20 Å². The van der Waals surface area contributed by atoms with Crippen molar-refractivity contribution in [2.45, 2.75) is 6.92 Å². The van der Waals surface area contributed by atoms with E-state index in [0.29, 0.717) is 47.5 Å². The van der Waals surface area contributed by atoms with Gasteiger partial charge in [0.15, 0.2) is 0 Å². The Morgan fingerprint density at radius 2 is 1.81 bits per heavy atom. The summed E-state index contributed by atoms with van der Waals surface area (Å²) in [5, 5.41) is 3.64. The van der Waals surface area contributed by atoms with Gasteiger partial charge in [-0.25, -0.2) is 0 Å². The normalized spacial score (nSPS) is 14.3. The van der Waals surface area contributed by atoms with Crippen molar-refractivity contribution >= 4 is 46.4 Å². The molecule has 1 aliphatic heterocycles. The minimum atomic E-state index is -0.300. The number of aromatic nitrogens is 1. The maximum atomic E-state index is 12.5. The monoisotopic (exact) mass is 392 g/mol. The highest BCUT2D eigenvalue weighted by Gasteiger charge is 2.20. The molecule has 2 heterocycles. The van der Waals surface area contributed by atoms with E-state index in [4.69, 9.17) is 23.2 Å². The Bertz CT molecular complexity index is 836. The minimum Gasteiger partial charge on any atom is -0.367 e. The van der Waals surface area contributed by atoms with Crippen molar-refractivity contribution in [3.63, 3.8) is 0 Å². The third-order valence-electron chi connectivity index (χ3n) is 4.26. The molecule has 2 aromatic rings. The SMILES string of the molecule is CC(=O)N1CCN(c2cncc(C(=O)Nc3ccc(Cl)cc3Cl)c2)CC1. The largest absolute Gasteiger partial charge is 0.367 e. The van der Waals surface area contributed by atoms with Gasteiger partial charge >= 0.3 is 0 Å². The molecule has 1 aromatic carbocycles. The van der Waals surface area contributed by atoms with Crippen LogP contribution in [0.3, 0.4) is 0 Å². The molecule has 3 rings (SSSR count). The second-order valence-corrected chi connectivity index (χ2v) is 6.85. The number of pyridine rings is 1. The Morgan fingerprint density at radius 3 is 2.46 bits per heavy atom. The first-order chi connectivity index (χ1) is 12.4. The summed E-state index contributed by atoms with van der Waals surface area (Å²) in [6, 6.07) is 6.67. The second kappa shape index (κ2) is 7.93. The average molecular weight is 393 g/mol. The molecule has 0 saturated carbocycles. The zero-order valence-corrected chi connectivity index (χ0v) is 15.7. The maximum Gasteiger partial charge on any atom is 0.257 e. The molecule has 1 saturated heterocycles. The molecule has 136 valence electrons. The van der Waals surface area contributed by atoms with E-state index in [1.807, 2.05) is 4.90 Å². The van der Waals surface area contributed by atoms with Gasteiger partial charge < -0.3 is 15.1 Å². The van der Waals surface area contributed by atoms with E-state index in [2.05, 4.69) is 15.2 Å². The second-order valence-electron chi connectivity index (χ2n) is 6.00. The Hall–Kier alpha value is -2.31. The highest BCUT2D eigenvalue weighted by atomic mass is 35.5. The number of amides is 2. The number of carbonyl (C=O) groups is 2. The average Bonchev–Trinajstić information content (AvgIpc) is 2.64. The molecular weight excluding hydrogens is 375 g/mol. The van der Waals surface area contributed by atoms with Crippen LogP contribution >= 0.6 is 23.2 Å². The molecule has 0 spiro atoms. The minimum absolute atomic E-state index is 0.0794. The Balaban J connectivity index is 1.71. The molecule has 0 unspecified atom stereocenters. The number of carbonyl (C=O) groups excluding carboxylic acids is 2. The first-order valence-corrected chi connectivity index (χ1v) is 8.91. The van der Waals surface area contributed by atoms with Crippen molar-refractivity contribution in [3.8, 4) is 0 Å². The number of benzene rings is 1. The number of nitrogens with zero attached hydrogens (tertiary/aromatic N) is 3. The topological polar surface area (TPSA) is 65.5 Å². The molecule has 2 amide bonds. The van der Waals surface area contributed by atoms with Crippen LogP contribution in [0.5, 0.6) is 0 Å². The van der Waals surface area contributed by atoms with E-state index in [1.54, 1.807) is 37.4 Å². The summed E-state index contributed by atoms with van der Waals surface area (Å²) in [7, 11) is 0. The molecule has 0 bridgehead atoms. The Morgan fingerprint density at radius 1 is 1.08 bits per heavy atom. The van der Waals surface area contributed by atoms with E-state index in [0.717, 1.165) is 5.69 Å². The number of nitrogens with one attached hydrogen (secondary N) is 1. The smallest absolute Gasteiger partial charge is 0.257 e. The number of piperazine rings is 1. The van der Waals surface area contributed by atoms with Crippen LogP contribution in [0.1, 0.15) is 17.3 Å². The van der Waals surface area contributed by atoms with Crippen LogP contribution in [0.15, 0.2) is 36.7 Å². The van der Waals surface area contributed by atoms with Crippen molar-refractivity contribution in [3.05, 3.63) is 52.3 Å². The van der Waals surface area contributed by atoms with Crippen LogP contribution < -0.4 is 10.2 Å². The first-order valence-electron chi connectivity index (χ1n) is 8.16. The van der Waals surface area contributed by atoms with Crippen LogP contribution in [0.25, 0.3) is 0 Å². The van der Waals surface area contributed by atoms with Gasteiger partial charge in [-0.2, -0.15) is 0 Å². The molecule has 26 heavy (non-hydrogen) atoms. The van der Waals surface area contributed by atoms with Crippen molar-refractivity contribution in [1.29, 1.82) is 0 Å². The zero-order valence-electron chi connectivity index (χ0n) is 14.2. The van der Waals surface area contributed by atoms with E-state index in [9.17, 15) is 9.59 Å². The van der Waals surface area contributed by atoms with Crippen molar-refractivity contribution in [2.75, 3.05) is 36.4 Å². The van der Waals surface area contributed by atoms with E-state index >= 15 is 0 Å². The molecular formula is C18H18Cl2N4O2. The van der Waals surface area contributed by atoms with Crippen LogP contribution in [0.2, 0.25) is 10.0 Å². The van der Waals surface area contributed by atoms with Gasteiger partial charge in [0.05, 0.1) is 28.2 Å². The van der Waals surface area contributed by atoms with Crippen LogP contribution in [0.4, 0.5) is 11.4 Å². The lowest BCUT2D eigenvalue weighted by Gasteiger charge is -2.35. The van der Waals surface area contributed by atoms with Crippen molar-refractivity contribution < 1.29 is 9.59 Å². The fraction of sp³-hybridized carbons (Fsp3) is 0.278. The molecule has 1 aromatic heterocycles. The molecule has 0 aliphatic carbocycles. The molecule has 6 nitrogen and oxygen atoms in total. The fourth-order valence-electron chi connectivity index (χ4n) is 2.79. The molecule has 1 fully saturated rings. The fourth-order valence-corrected chi connectivity index (χ4v) is 3.25. The van der Waals surface area contributed by atoms with Gasteiger partial charge in [-0.1, -0.05) is 23.2 Å². The van der Waals surface area contributed by atoms with Crippen LogP contribution in [-0.2, 0) is 4.79 Å². The van der Waals surface area contributed by atoms with Gasteiger partial charge in [0.1, 0.15) is 0 Å². The zero-order chi connectivity index (χ0) is 18.7.